The fourth-order valence-corrected chi connectivity index (χ4v) is 5.47. The molecule has 2 aliphatic rings. The number of thiophene rings is 1. The Labute approximate surface area is 195 Å². The lowest BCUT2D eigenvalue weighted by Crippen LogP contribution is -2.35. The van der Waals surface area contributed by atoms with Crippen LogP contribution in [0, 0.1) is 5.92 Å². The summed E-state index contributed by atoms with van der Waals surface area (Å²) in [6, 6.07) is 1.70. The number of rotatable bonds is 8. The van der Waals surface area contributed by atoms with Crippen molar-refractivity contribution in [2.45, 2.75) is 50.4 Å². The smallest absolute Gasteiger partial charge is 0.350 e. The molecule has 4 rings (SSSR count). The number of aromatic nitrogens is 3. The van der Waals surface area contributed by atoms with Gasteiger partial charge in [0.2, 0.25) is 11.9 Å². The van der Waals surface area contributed by atoms with Crippen molar-refractivity contribution in [3.05, 3.63) is 16.3 Å². The number of esters is 1. The number of carbonyl (C=O) groups is 2. The summed E-state index contributed by atoms with van der Waals surface area (Å²) in [5.74, 6) is 1.08. The van der Waals surface area contributed by atoms with Gasteiger partial charge in [0.1, 0.15) is 4.88 Å². The lowest BCUT2D eigenvalue weighted by molar-refractivity contribution is -0.113. The van der Waals surface area contributed by atoms with Crippen LogP contribution in [-0.4, -0.2) is 65.3 Å². The van der Waals surface area contributed by atoms with Crippen LogP contribution in [0.2, 0.25) is 0 Å². The molecule has 1 N–H and O–H groups in total. The minimum atomic E-state index is -0.459. The Morgan fingerprint density at radius 2 is 2.12 bits per heavy atom. The Kier molecular flexibility index (Phi) is 7.69. The second-order valence-corrected chi connectivity index (χ2v) is 10.0. The average Bonchev–Trinajstić information content (AvgIpc) is 3.55. The molecule has 0 aromatic carbocycles. The molecule has 0 spiro atoms. The molecule has 2 saturated heterocycles. The second-order valence-electron chi connectivity index (χ2n) is 8.19. The van der Waals surface area contributed by atoms with E-state index in [1.807, 2.05) is 0 Å². The highest BCUT2D eigenvalue weighted by molar-refractivity contribution is 7.99. The minimum Gasteiger partial charge on any atom is -0.465 e. The maximum absolute atomic E-state index is 12.6. The van der Waals surface area contributed by atoms with Gasteiger partial charge in [0.15, 0.2) is 5.16 Å². The van der Waals surface area contributed by atoms with Gasteiger partial charge in [-0.15, -0.1) is 21.5 Å². The summed E-state index contributed by atoms with van der Waals surface area (Å²) < 4.78 is 12.7. The number of methoxy groups -OCH3 is 1. The molecule has 4 heterocycles. The van der Waals surface area contributed by atoms with Crippen molar-refractivity contribution in [2.24, 2.45) is 5.92 Å². The molecule has 174 valence electrons. The highest BCUT2D eigenvalue weighted by Gasteiger charge is 2.26. The first kappa shape index (κ1) is 23.1. The zero-order chi connectivity index (χ0) is 22.5. The SMILES string of the molecule is COC(=O)c1sccc1NC(=O)CSc1nnc(N2CCC(C)CC2)n1CC1CCCO1. The van der Waals surface area contributed by atoms with E-state index in [4.69, 9.17) is 9.47 Å². The van der Waals surface area contributed by atoms with Crippen LogP contribution in [0.3, 0.4) is 0 Å². The van der Waals surface area contributed by atoms with E-state index in [1.54, 1.807) is 11.4 Å². The van der Waals surface area contributed by atoms with E-state index in [0.29, 0.717) is 22.3 Å². The molecular weight excluding hydrogens is 450 g/mol. The molecule has 2 aromatic heterocycles. The monoisotopic (exact) mass is 479 g/mol. The van der Waals surface area contributed by atoms with Crippen molar-refractivity contribution in [3.63, 3.8) is 0 Å². The molecular formula is C21H29N5O4S2. The third kappa shape index (κ3) is 5.44. The maximum Gasteiger partial charge on any atom is 0.350 e. The van der Waals surface area contributed by atoms with E-state index in [9.17, 15) is 9.59 Å². The molecule has 1 amide bonds. The molecule has 2 fully saturated rings. The van der Waals surface area contributed by atoms with Crippen LogP contribution in [0.4, 0.5) is 11.6 Å². The maximum atomic E-state index is 12.6. The molecule has 0 aliphatic carbocycles. The Morgan fingerprint density at radius 3 is 2.84 bits per heavy atom. The summed E-state index contributed by atoms with van der Waals surface area (Å²) in [6.07, 6.45) is 4.52. The van der Waals surface area contributed by atoms with Gasteiger partial charge in [-0.3, -0.25) is 9.36 Å². The first-order chi connectivity index (χ1) is 15.5. The largest absolute Gasteiger partial charge is 0.465 e. The Hall–Kier alpha value is -2.11. The van der Waals surface area contributed by atoms with Gasteiger partial charge in [0, 0.05) is 19.7 Å². The highest BCUT2D eigenvalue weighted by atomic mass is 32.2. The summed E-state index contributed by atoms with van der Waals surface area (Å²) in [5, 5.41) is 14.1. The van der Waals surface area contributed by atoms with Gasteiger partial charge in [-0.25, -0.2) is 4.79 Å². The number of carbonyl (C=O) groups excluding carboxylic acids is 2. The van der Waals surface area contributed by atoms with Crippen LogP contribution in [0.1, 0.15) is 42.3 Å². The van der Waals surface area contributed by atoms with Gasteiger partial charge < -0.3 is 19.7 Å². The van der Waals surface area contributed by atoms with Crippen LogP contribution in [0.5, 0.6) is 0 Å². The zero-order valence-electron chi connectivity index (χ0n) is 18.4. The van der Waals surface area contributed by atoms with Gasteiger partial charge >= 0.3 is 5.97 Å². The van der Waals surface area contributed by atoms with Crippen molar-refractivity contribution in [2.75, 3.05) is 42.8 Å². The van der Waals surface area contributed by atoms with E-state index in [1.165, 1.54) is 30.2 Å². The number of piperidine rings is 1. The van der Waals surface area contributed by atoms with Crippen molar-refractivity contribution in [1.29, 1.82) is 0 Å². The molecule has 0 radical (unpaired) electrons. The van der Waals surface area contributed by atoms with Crippen LogP contribution < -0.4 is 10.2 Å². The van der Waals surface area contributed by atoms with Gasteiger partial charge in [-0.2, -0.15) is 0 Å². The first-order valence-corrected chi connectivity index (χ1v) is 12.8. The standard InChI is InChI=1S/C21H29N5O4S2/c1-14-5-8-25(9-6-14)20-23-24-21(26(20)12-15-4-3-10-30-15)32-13-17(27)22-16-7-11-31-18(16)19(28)29-2/h7,11,14-15H,3-6,8-10,12-13H2,1-2H3,(H,22,27). The number of ether oxygens (including phenoxy) is 2. The molecule has 2 aliphatic heterocycles. The summed E-state index contributed by atoms with van der Waals surface area (Å²) in [4.78, 5) is 27.1. The van der Waals surface area contributed by atoms with Gasteiger partial charge in [-0.05, 0) is 43.0 Å². The molecule has 11 heteroatoms. The van der Waals surface area contributed by atoms with E-state index < -0.39 is 5.97 Å². The predicted octanol–water partition coefficient (Wildman–Crippen LogP) is 3.27. The topological polar surface area (TPSA) is 98.6 Å². The quantitative estimate of drug-likeness (QED) is 0.455. The van der Waals surface area contributed by atoms with Gasteiger partial charge in [-0.1, -0.05) is 18.7 Å². The van der Waals surface area contributed by atoms with Crippen LogP contribution in [0.25, 0.3) is 0 Å². The summed E-state index contributed by atoms with van der Waals surface area (Å²) in [5.41, 5.74) is 0.469. The lowest BCUT2D eigenvalue weighted by Gasteiger charge is -2.31. The van der Waals surface area contributed by atoms with Crippen LogP contribution in [-0.2, 0) is 20.8 Å². The number of hydrogen-bond donors (Lipinski definition) is 1. The van der Waals surface area contributed by atoms with Crippen LogP contribution >= 0.6 is 23.1 Å². The molecule has 9 nitrogen and oxygen atoms in total. The Morgan fingerprint density at radius 1 is 1.31 bits per heavy atom. The molecule has 1 atom stereocenters. The van der Waals surface area contributed by atoms with Gasteiger partial charge in [0.05, 0.1) is 31.2 Å². The fourth-order valence-electron chi connectivity index (χ4n) is 3.96. The predicted molar refractivity (Wildman–Crippen MR) is 125 cm³/mol. The third-order valence-electron chi connectivity index (χ3n) is 5.82. The second kappa shape index (κ2) is 10.7. The number of hydrogen-bond acceptors (Lipinski definition) is 9. The molecule has 0 bridgehead atoms. The zero-order valence-corrected chi connectivity index (χ0v) is 20.0. The Bertz CT molecular complexity index is 933. The van der Waals surface area contributed by atoms with Crippen LogP contribution in [0.15, 0.2) is 16.6 Å². The van der Waals surface area contributed by atoms with Gasteiger partial charge in [0.25, 0.3) is 0 Å². The van der Waals surface area contributed by atoms with E-state index in [-0.39, 0.29) is 17.8 Å². The lowest BCUT2D eigenvalue weighted by atomic mass is 10.00. The number of anilines is 2. The van der Waals surface area contributed by atoms with E-state index in [2.05, 4.69) is 31.9 Å². The van der Waals surface area contributed by atoms with Crippen molar-refractivity contribution >= 4 is 46.6 Å². The molecule has 1 unspecified atom stereocenters. The summed E-state index contributed by atoms with van der Waals surface area (Å²) in [7, 11) is 1.32. The number of amides is 1. The minimum absolute atomic E-state index is 0.148. The molecule has 0 saturated carbocycles. The first-order valence-electron chi connectivity index (χ1n) is 10.9. The van der Waals surface area contributed by atoms with E-state index >= 15 is 0 Å². The Balaban J connectivity index is 1.43. The molecule has 32 heavy (non-hydrogen) atoms. The average molecular weight is 480 g/mol. The highest BCUT2D eigenvalue weighted by Crippen LogP contribution is 2.29. The molecule has 2 aromatic rings. The number of nitrogens with zero attached hydrogens (tertiary/aromatic N) is 4. The van der Waals surface area contributed by atoms with Crippen molar-refractivity contribution in [1.82, 2.24) is 14.8 Å². The third-order valence-corrected chi connectivity index (χ3v) is 7.68. The van der Waals surface area contributed by atoms with E-state index in [0.717, 1.165) is 57.2 Å². The number of thioether (sulfide) groups is 1. The summed E-state index contributed by atoms with van der Waals surface area (Å²) >= 11 is 2.58. The van der Waals surface area contributed by atoms with Crippen molar-refractivity contribution < 1.29 is 19.1 Å². The normalized spacial score (nSPS) is 19.3. The number of nitrogens with one attached hydrogen (secondary N) is 1. The van der Waals surface area contributed by atoms with Crippen molar-refractivity contribution in [3.8, 4) is 0 Å². The summed E-state index contributed by atoms with van der Waals surface area (Å²) in [6.45, 7) is 5.69. The fraction of sp³-hybridized carbons (Fsp3) is 0.619.